The van der Waals surface area contributed by atoms with Crippen LogP contribution in [0.3, 0.4) is 0 Å². The van der Waals surface area contributed by atoms with Gasteiger partial charge in [-0.05, 0) is 31.5 Å². The molecule has 0 unspecified atom stereocenters. The molecule has 1 aromatic rings. The average molecular weight is 259 g/mol. The van der Waals surface area contributed by atoms with Gasteiger partial charge in [0.25, 0.3) is 0 Å². The van der Waals surface area contributed by atoms with Crippen molar-refractivity contribution in [1.29, 1.82) is 0 Å². The average Bonchev–Trinajstić information content (AvgIpc) is 2.41. The van der Waals surface area contributed by atoms with E-state index in [-0.39, 0.29) is 11.8 Å². The van der Waals surface area contributed by atoms with Crippen molar-refractivity contribution in [3.8, 4) is 0 Å². The number of rotatable bonds is 4. The topological polar surface area (TPSA) is 44.7 Å². The van der Waals surface area contributed by atoms with Crippen LogP contribution in [0.2, 0.25) is 0 Å². The number of nitrogens with one attached hydrogen (secondary N) is 1. The lowest BCUT2D eigenvalue weighted by molar-refractivity contribution is -0.121. The lowest BCUT2D eigenvalue weighted by Gasteiger charge is -2.22. The lowest BCUT2D eigenvalue weighted by atomic mass is 9.94. The van der Waals surface area contributed by atoms with Gasteiger partial charge in [-0.2, -0.15) is 5.10 Å². The van der Waals surface area contributed by atoms with Gasteiger partial charge in [0.15, 0.2) is 0 Å². The molecule has 0 bridgehead atoms. The van der Waals surface area contributed by atoms with E-state index in [4.69, 9.17) is 0 Å². The van der Waals surface area contributed by atoms with E-state index in [1.54, 1.807) is 0 Å². The van der Waals surface area contributed by atoms with Crippen molar-refractivity contribution >= 4 is 17.3 Å². The number of carbonyl (C=O) groups excluding carboxylic acids is 1. The lowest BCUT2D eigenvalue weighted by Crippen LogP contribution is -2.32. The molecule has 4 heteroatoms. The molecule has 19 heavy (non-hydrogen) atoms. The molecule has 1 aliphatic heterocycles. The standard InChI is InChI=1S/C15H21N3O/c1-4-18(5-2)13-8-6-12(7-9-13)15-11(3)10-14(19)16-17-15/h6-9,11H,4-5,10H2,1-3H3,(H,16,19)/t11-/m1/s1. The highest BCUT2D eigenvalue weighted by atomic mass is 16.2. The van der Waals surface area contributed by atoms with Gasteiger partial charge in [-0.15, -0.1) is 0 Å². The molecule has 0 spiro atoms. The van der Waals surface area contributed by atoms with E-state index in [2.05, 4.69) is 53.5 Å². The van der Waals surface area contributed by atoms with Crippen molar-refractivity contribution in [2.24, 2.45) is 11.0 Å². The van der Waals surface area contributed by atoms with E-state index < -0.39 is 0 Å². The Kier molecular flexibility index (Phi) is 4.20. The molecule has 1 amide bonds. The SMILES string of the molecule is CCN(CC)c1ccc(C2=NNC(=O)C[C@H]2C)cc1. The van der Waals surface area contributed by atoms with E-state index in [1.807, 2.05) is 6.92 Å². The normalized spacial score (nSPS) is 18.8. The van der Waals surface area contributed by atoms with Crippen LogP contribution in [0.5, 0.6) is 0 Å². The van der Waals surface area contributed by atoms with Crippen LogP contribution in [-0.4, -0.2) is 24.7 Å². The summed E-state index contributed by atoms with van der Waals surface area (Å²) in [6.45, 7) is 8.35. The maximum atomic E-state index is 11.2. The Labute approximate surface area is 114 Å². The Balaban J connectivity index is 2.21. The zero-order valence-corrected chi connectivity index (χ0v) is 11.8. The Bertz CT molecular complexity index is 475. The third kappa shape index (κ3) is 2.95. The van der Waals surface area contributed by atoms with Crippen molar-refractivity contribution in [2.45, 2.75) is 27.2 Å². The second kappa shape index (κ2) is 5.87. The predicted molar refractivity (Wildman–Crippen MR) is 78.5 cm³/mol. The molecule has 1 N–H and O–H groups in total. The van der Waals surface area contributed by atoms with Gasteiger partial charge in [-0.3, -0.25) is 4.79 Å². The number of hydrogen-bond acceptors (Lipinski definition) is 3. The highest BCUT2D eigenvalue weighted by Gasteiger charge is 2.21. The minimum absolute atomic E-state index is 0.00369. The second-order valence-electron chi connectivity index (χ2n) is 4.86. The summed E-state index contributed by atoms with van der Waals surface area (Å²) in [5, 5.41) is 4.18. The number of benzene rings is 1. The summed E-state index contributed by atoms with van der Waals surface area (Å²) in [6.07, 6.45) is 0.511. The maximum Gasteiger partial charge on any atom is 0.240 e. The Morgan fingerprint density at radius 1 is 1.26 bits per heavy atom. The molecule has 1 aliphatic rings. The zero-order valence-electron chi connectivity index (χ0n) is 11.8. The largest absolute Gasteiger partial charge is 0.372 e. The number of carbonyl (C=O) groups is 1. The van der Waals surface area contributed by atoms with Crippen LogP contribution in [0.15, 0.2) is 29.4 Å². The van der Waals surface area contributed by atoms with Gasteiger partial charge >= 0.3 is 0 Å². The monoisotopic (exact) mass is 259 g/mol. The molecule has 0 fully saturated rings. The first-order valence-corrected chi connectivity index (χ1v) is 6.87. The summed E-state index contributed by atoms with van der Waals surface area (Å²) in [6, 6.07) is 8.41. The van der Waals surface area contributed by atoms with Gasteiger partial charge in [0, 0.05) is 31.1 Å². The highest BCUT2D eigenvalue weighted by molar-refractivity contribution is 6.05. The van der Waals surface area contributed by atoms with Crippen LogP contribution >= 0.6 is 0 Å². The van der Waals surface area contributed by atoms with Crippen LogP contribution in [0, 0.1) is 5.92 Å². The molecular formula is C15H21N3O. The van der Waals surface area contributed by atoms with Crippen molar-refractivity contribution in [1.82, 2.24) is 5.43 Å². The third-order valence-corrected chi connectivity index (χ3v) is 3.55. The van der Waals surface area contributed by atoms with Crippen LogP contribution in [0.1, 0.15) is 32.8 Å². The van der Waals surface area contributed by atoms with Gasteiger partial charge in [0.2, 0.25) is 5.91 Å². The maximum absolute atomic E-state index is 11.2. The van der Waals surface area contributed by atoms with Gasteiger partial charge in [-0.1, -0.05) is 19.1 Å². The summed E-state index contributed by atoms with van der Waals surface area (Å²) >= 11 is 0. The summed E-state index contributed by atoms with van der Waals surface area (Å²) in [5.41, 5.74) is 5.83. The Morgan fingerprint density at radius 3 is 2.42 bits per heavy atom. The van der Waals surface area contributed by atoms with Gasteiger partial charge in [0.1, 0.15) is 0 Å². The van der Waals surface area contributed by atoms with E-state index in [0.29, 0.717) is 6.42 Å². The number of nitrogens with zero attached hydrogens (tertiary/aromatic N) is 2. The second-order valence-corrected chi connectivity index (χ2v) is 4.86. The zero-order chi connectivity index (χ0) is 13.8. The van der Waals surface area contributed by atoms with Crippen LogP contribution < -0.4 is 10.3 Å². The molecule has 1 atom stereocenters. The van der Waals surface area contributed by atoms with Gasteiger partial charge < -0.3 is 4.90 Å². The van der Waals surface area contributed by atoms with Crippen molar-refractivity contribution < 1.29 is 4.79 Å². The number of anilines is 1. The fourth-order valence-corrected chi connectivity index (χ4v) is 2.43. The molecule has 0 aliphatic carbocycles. The first kappa shape index (κ1) is 13.6. The van der Waals surface area contributed by atoms with E-state index >= 15 is 0 Å². The molecule has 4 nitrogen and oxygen atoms in total. The van der Waals surface area contributed by atoms with E-state index in [9.17, 15) is 4.79 Å². The third-order valence-electron chi connectivity index (χ3n) is 3.55. The number of amides is 1. The van der Waals surface area contributed by atoms with E-state index in [0.717, 1.165) is 24.4 Å². The first-order valence-electron chi connectivity index (χ1n) is 6.87. The predicted octanol–water partition coefficient (Wildman–Crippen LogP) is 2.39. The van der Waals surface area contributed by atoms with Crippen molar-refractivity contribution in [2.75, 3.05) is 18.0 Å². The van der Waals surface area contributed by atoms with Gasteiger partial charge in [-0.25, -0.2) is 5.43 Å². The molecule has 102 valence electrons. The smallest absolute Gasteiger partial charge is 0.240 e. The molecular weight excluding hydrogens is 238 g/mol. The summed E-state index contributed by atoms with van der Waals surface area (Å²) < 4.78 is 0. The Hall–Kier alpha value is -1.84. The fourth-order valence-electron chi connectivity index (χ4n) is 2.43. The highest BCUT2D eigenvalue weighted by Crippen LogP contribution is 2.20. The number of hydrazone groups is 1. The summed E-state index contributed by atoms with van der Waals surface area (Å²) in [4.78, 5) is 13.5. The van der Waals surface area contributed by atoms with Crippen LogP contribution in [0.25, 0.3) is 0 Å². The summed E-state index contributed by atoms with van der Waals surface area (Å²) in [5.74, 6) is 0.170. The van der Waals surface area contributed by atoms with Crippen LogP contribution in [0.4, 0.5) is 5.69 Å². The van der Waals surface area contributed by atoms with Crippen molar-refractivity contribution in [3.63, 3.8) is 0 Å². The Morgan fingerprint density at radius 2 is 1.89 bits per heavy atom. The molecule has 2 rings (SSSR count). The molecule has 0 saturated heterocycles. The van der Waals surface area contributed by atoms with Gasteiger partial charge in [0.05, 0.1) is 5.71 Å². The first-order chi connectivity index (χ1) is 9.15. The minimum atomic E-state index is -0.00369. The minimum Gasteiger partial charge on any atom is -0.372 e. The molecule has 0 radical (unpaired) electrons. The quantitative estimate of drug-likeness (QED) is 0.902. The molecule has 1 heterocycles. The molecule has 0 aromatic heterocycles. The van der Waals surface area contributed by atoms with Crippen molar-refractivity contribution in [3.05, 3.63) is 29.8 Å². The molecule has 1 aromatic carbocycles. The molecule has 0 saturated carbocycles. The van der Waals surface area contributed by atoms with Crippen LogP contribution in [-0.2, 0) is 4.79 Å². The fraction of sp³-hybridized carbons (Fsp3) is 0.467. The number of hydrogen-bond donors (Lipinski definition) is 1. The van der Waals surface area contributed by atoms with E-state index in [1.165, 1.54) is 5.69 Å². The summed E-state index contributed by atoms with van der Waals surface area (Å²) in [7, 11) is 0.